The molecule has 3 N–H and O–H groups in total. The van der Waals surface area contributed by atoms with E-state index in [0.29, 0.717) is 18.7 Å². The summed E-state index contributed by atoms with van der Waals surface area (Å²) in [6.07, 6.45) is 1.04. The molecule has 1 amide bonds. The molecular formula is C14H22N2O. The maximum Gasteiger partial charge on any atom is 0.251 e. The van der Waals surface area contributed by atoms with Gasteiger partial charge in [-0.25, -0.2) is 0 Å². The Morgan fingerprint density at radius 3 is 2.71 bits per heavy atom. The first kappa shape index (κ1) is 13.7. The van der Waals surface area contributed by atoms with E-state index in [1.54, 1.807) is 0 Å². The van der Waals surface area contributed by atoms with Crippen LogP contribution in [-0.2, 0) is 6.54 Å². The molecule has 0 unspecified atom stereocenters. The van der Waals surface area contributed by atoms with Crippen molar-refractivity contribution in [2.24, 2.45) is 11.1 Å². The molecule has 1 aromatic rings. The van der Waals surface area contributed by atoms with E-state index in [9.17, 15) is 4.79 Å². The van der Waals surface area contributed by atoms with E-state index in [0.717, 1.165) is 12.0 Å². The largest absolute Gasteiger partial charge is 0.352 e. The van der Waals surface area contributed by atoms with E-state index in [2.05, 4.69) is 26.1 Å². The van der Waals surface area contributed by atoms with Gasteiger partial charge in [0.1, 0.15) is 0 Å². The highest BCUT2D eigenvalue weighted by molar-refractivity contribution is 5.94. The second-order valence-corrected chi connectivity index (χ2v) is 5.10. The van der Waals surface area contributed by atoms with Crippen molar-refractivity contribution in [3.05, 3.63) is 35.4 Å². The number of rotatable bonds is 5. The molecule has 3 nitrogen and oxygen atoms in total. The van der Waals surface area contributed by atoms with E-state index in [-0.39, 0.29) is 11.3 Å². The van der Waals surface area contributed by atoms with Gasteiger partial charge in [-0.05, 0) is 29.5 Å². The summed E-state index contributed by atoms with van der Waals surface area (Å²) in [5.41, 5.74) is 7.35. The summed E-state index contributed by atoms with van der Waals surface area (Å²) in [5.74, 6) is -0.0261. The Morgan fingerprint density at radius 2 is 2.12 bits per heavy atom. The lowest BCUT2D eigenvalue weighted by Crippen LogP contribution is -2.33. The molecule has 0 aliphatic heterocycles. The summed E-state index contributed by atoms with van der Waals surface area (Å²) in [5, 5.41) is 2.96. The standard InChI is InChI=1S/C14H22N2O/c1-4-14(2,3)10-16-13(17)12-7-5-6-11(8-12)9-15/h5-8H,4,9-10,15H2,1-3H3,(H,16,17). The Kier molecular flexibility index (Phi) is 4.70. The fourth-order valence-corrected chi connectivity index (χ4v) is 1.39. The van der Waals surface area contributed by atoms with Gasteiger partial charge >= 0.3 is 0 Å². The number of carbonyl (C=O) groups is 1. The molecule has 0 heterocycles. The van der Waals surface area contributed by atoms with Gasteiger partial charge in [-0.15, -0.1) is 0 Å². The van der Waals surface area contributed by atoms with E-state index in [1.165, 1.54) is 0 Å². The zero-order valence-corrected chi connectivity index (χ0v) is 10.9. The highest BCUT2D eigenvalue weighted by Gasteiger charge is 2.16. The molecule has 0 aliphatic carbocycles. The third kappa shape index (κ3) is 4.19. The van der Waals surface area contributed by atoms with Crippen LogP contribution in [0.3, 0.4) is 0 Å². The smallest absolute Gasteiger partial charge is 0.251 e. The molecule has 17 heavy (non-hydrogen) atoms. The highest BCUT2D eigenvalue weighted by atomic mass is 16.1. The summed E-state index contributed by atoms with van der Waals surface area (Å²) in [6, 6.07) is 7.44. The Balaban J connectivity index is 2.64. The molecule has 0 atom stereocenters. The second kappa shape index (κ2) is 5.82. The van der Waals surface area contributed by atoms with Crippen LogP contribution in [0.4, 0.5) is 0 Å². The molecule has 0 bridgehead atoms. The van der Waals surface area contributed by atoms with Crippen molar-refractivity contribution >= 4 is 5.91 Å². The number of carbonyl (C=O) groups excluding carboxylic acids is 1. The van der Waals surface area contributed by atoms with Crippen molar-refractivity contribution in [3.63, 3.8) is 0 Å². The molecule has 0 aromatic heterocycles. The quantitative estimate of drug-likeness (QED) is 0.821. The fourth-order valence-electron chi connectivity index (χ4n) is 1.39. The molecule has 94 valence electrons. The van der Waals surface area contributed by atoms with E-state index in [1.807, 2.05) is 24.3 Å². The Morgan fingerprint density at radius 1 is 1.41 bits per heavy atom. The van der Waals surface area contributed by atoms with Crippen LogP contribution in [-0.4, -0.2) is 12.5 Å². The predicted octanol–water partition coefficient (Wildman–Crippen LogP) is 2.31. The van der Waals surface area contributed by atoms with Gasteiger partial charge in [0.15, 0.2) is 0 Å². The highest BCUT2D eigenvalue weighted by Crippen LogP contribution is 2.18. The van der Waals surface area contributed by atoms with Crippen molar-refractivity contribution in [1.29, 1.82) is 0 Å². The lowest BCUT2D eigenvalue weighted by Gasteiger charge is -2.22. The SMILES string of the molecule is CCC(C)(C)CNC(=O)c1cccc(CN)c1. The molecule has 0 saturated carbocycles. The number of amides is 1. The summed E-state index contributed by atoms with van der Waals surface area (Å²) < 4.78 is 0. The maximum atomic E-state index is 11.9. The van der Waals surface area contributed by atoms with Crippen molar-refractivity contribution in [2.45, 2.75) is 33.7 Å². The average molecular weight is 234 g/mol. The number of nitrogens with two attached hydrogens (primary N) is 1. The minimum absolute atomic E-state index is 0.0261. The van der Waals surface area contributed by atoms with E-state index < -0.39 is 0 Å². The van der Waals surface area contributed by atoms with Crippen LogP contribution >= 0.6 is 0 Å². The van der Waals surface area contributed by atoms with Crippen molar-refractivity contribution in [2.75, 3.05) is 6.54 Å². The minimum atomic E-state index is -0.0261. The summed E-state index contributed by atoms with van der Waals surface area (Å²) in [7, 11) is 0. The second-order valence-electron chi connectivity index (χ2n) is 5.10. The van der Waals surface area contributed by atoms with Gasteiger partial charge in [0.05, 0.1) is 0 Å². The molecular weight excluding hydrogens is 212 g/mol. The number of benzene rings is 1. The van der Waals surface area contributed by atoms with Gasteiger partial charge in [0, 0.05) is 18.7 Å². The molecule has 0 radical (unpaired) electrons. The third-order valence-electron chi connectivity index (χ3n) is 3.11. The topological polar surface area (TPSA) is 55.1 Å². The molecule has 1 rings (SSSR count). The molecule has 0 fully saturated rings. The first-order valence-corrected chi connectivity index (χ1v) is 6.06. The van der Waals surface area contributed by atoms with Gasteiger partial charge < -0.3 is 11.1 Å². The van der Waals surface area contributed by atoms with Crippen LogP contribution in [0.15, 0.2) is 24.3 Å². The molecule has 0 aliphatic rings. The number of hydrogen-bond acceptors (Lipinski definition) is 2. The lowest BCUT2D eigenvalue weighted by atomic mass is 9.90. The third-order valence-corrected chi connectivity index (χ3v) is 3.11. The van der Waals surface area contributed by atoms with Gasteiger partial charge in [-0.3, -0.25) is 4.79 Å². The Labute approximate surface area is 103 Å². The number of hydrogen-bond donors (Lipinski definition) is 2. The normalized spacial score (nSPS) is 11.3. The fraction of sp³-hybridized carbons (Fsp3) is 0.500. The first-order chi connectivity index (χ1) is 7.98. The minimum Gasteiger partial charge on any atom is -0.352 e. The molecule has 0 saturated heterocycles. The van der Waals surface area contributed by atoms with E-state index in [4.69, 9.17) is 5.73 Å². The van der Waals surface area contributed by atoms with Crippen LogP contribution in [0, 0.1) is 5.41 Å². The maximum absolute atomic E-state index is 11.9. The van der Waals surface area contributed by atoms with Crippen LogP contribution in [0.25, 0.3) is 0 Å². The van der Waals surface area contributed by atoms with Gasteiger partial charge in [0.2, 0.25) is 0 Å². The Hall–Kier alpha value is -1.35. The zero-order chi connectivity index (χ0) is 12.9. The van der Waals surface area contributed by atoms with Crippen LogP contribution in [0.5, 0.6) is 0 Å². The van der Waals surface area contributed by atoms with Gasteiger partial charge in [0.25, 0.3) is 5.91 Å². The molecule has 3 heteroatoms. The predicted molar refractivity (Wildman–Crippen MR) is 70.7 cm³/mol. The van der Waals surface area contributed by atoms with Gasteiger partial charge in [-0.1, -0.05) is 32.9 Å². The van der Waals surface area contributed by atoms with E-state index >= 15 is 0 Å². The first-order valence-electron chi connectivity index (χ1n) is 6.06. The summed E-state index contributed by atoms with van der Waals surface area (Å²) in [6.45, 7) is 7.56. The molecule has 0 spiro atoms. The molecule has 1 aromatic carbocycles. The van der Waals surface area contributed by atoms with Crippen molar-refractivity contribution in [1.82, 2.24) is 5.32 Å². The van der Waals surface area contributed by atoms with Crippen LogP contribution < -0.4 is 11.1 Å². The average Bonchev–Trinajstić information content (AvgIpc) is 2.36. The van der Waals surface area contributed by atoms with Crippen molar-refractivity contribution in [3.8, 4) is 0 Å². The summed E-state index contributed by atoms with van der Waals surface area (Å²) in [4.78, 5) is 11.9. The number of nitrogens with one attached hydrogen (secondary N) is 1. The Bertz CT molecular complexity index is 386. The van der Waals surface area contributed by atoms with Crippen LogP contribution in [0.1, 0.15) is 43.1 Å². The van der Waals surface area contributed by atoms with Gasteiger partial charge in [-0.2, -0.15) is 0 Å². The lowest BCUT2D eigenvalue weighted by molar-refractivity contribution is 0.0935. The van der Waals surface area contributed by atoms with Crippen molar-refractivity contribution < 1.29 is 4.79 Å². The zero-order valence-electron chi connectivity index (χ0n) is 10.9. The summed E-state index contributed by atoms with van der Waals surface area (Å²) >= 11 is 0. The monoisotopic (exact) mass is 234 g/mol. The van der Waals surface area contributed by atoms with Crippen LogP contribution in [0.2, 0.25) is 0 Å².